The first-order valence-electron chi connectivity index (χ1n) is 9.64. The lowest BCUT2D eigenvalue weighted by molar-refractivity contribution is 0.122. The van der Waals surface area contributed by atoms with Gasteiger partial charge in [0.2, 0.25) is 5.95 Å². The highest BCUT2D eigenvalue weighted by molar-refractivity contribution is 7.21. The maximum Gasteiger partial charge on any atom is 0.264 e. The zero-order valence-electron chi connectivity index (χ0n) is 16.0. The highest BCUT2D eigenvalue weighted by Crippen LogP contribution is 2.32. The molecule has 0 radical (unpaired) electrons. The predicted octanol–water partition coefficient (Wildman–Crippen LogP) is 0.877. The standard InChI is InChI=1S/C19H24N6O3S/c26-10-7-20-5-6-21-16-15(18-22-13-3-1-2-4-14(13)29-18)17(27)24-19(23-16)25-8-11-28-12-9-25/h1-4,20,26H,5-12H2,(H2,21,23,24,27). The van der Waals surface area contributed by atoms with Crippen LogP contribution < -0.4 is 21.1 Å². The second-order valence-corrected chi connectivity index (χ2v) is 7.63. The number of aromatic nitrogens is 3. The number of hydrogen-bond acceptors (Lipinski definition) is 9. The van der Waals surface area contributed by atoms with Gasteiger partial charge in [-0.15, -0.1) is 11.3 Å². The van der Waals surface area contributed by atoms with Gasteiger partial charge in [0.1, 0.15) is 16.4 Å². The fourth-order valence-electron chi connectivity index (χ4n) is 3.17. The number of para-hydroxylation sites is 1. The summed E-state index contributed by atoms with van der Waals surface area (Å²) in [7, 11) is 0. The topological polar surface area (TPSA) is 115 Å². The van der Waals surface area contributed by atoms with Crippen LogP contribution in [0.5, 0.6) is 0 Å². The van der Waals surface area contributed by atoms with Gasteiger partial charge >= 0.3 is 0 Å². The molecule has 0 atom stereocenters. The molecule has 154 valence electrons. The molecule has 2 aromatic heterocycles. The Morgan fingerprint density at radius 2 is 2.00 bits per heavy atom. The van der Waals surface area contributed by atoms with Crippen LogP contribution in [0.15, 0.2) is 29.1 Å². The number of nitrogens with one attached hydrogen (secondary N) is 3. The number of fused-ring (bicyclic) bond motifs is 1. The van der Waals surface area contributed by atoms with Gasteiger partial charge in [-0.05, 0) is 12.1 Å². The Kier molecular flexibility index (Phi) is 6.35. The van der Waals surface area contributed by atoms with Crippen LogP contribution in [0, 0.1) is 0 Å². The number of aromatic amines is 1. The molecule has 4 N–H and O–H groups in total. The summed E-state index contributed by atoms with van der Waals surface area (Å²) < 4.78 is 6.42. The zero-order chi connectivity index (χ0) is 20.1. The molecule has 29 heavy (non-hydrogen) atoms. The molecule has 0 unspecified atom stereocenters. The smallest absolute Gasteiger partial charge is 0.264 e. The molecule has 0 bridgehead atoms. The van der Waals surface area contributed by atoms with Crippen molar-refractivity contribution in [1.82, 2.24) is 20.3 Å². The predicted molar refractivity (Wildman–Crippen MR) is 115 cm³/mol. The second kappa shape index (κ2) is 9.31. The number of aliphatic hydroxyl groups is 1. The number of morpholine rings is 1. The molecular formula is C19H24N6O3S. The van der Waals surface area contributed by atoms with Crippen molar-refractivity contribution in [2.45, 2.75) is 0 Å². The number of thiazole rings is 1. The number of aliphatic hydroxyl groups excluding tert-OH is 1. The average molecular weight is 417 g/mol. The summed E-state index contributed by atoms with van der Waals surface area (Å²) in [6.07, 6.45) is 0. The maximum atomic E-state index is 13.0. The Bertz CT molecular complexity index is 982. The molecule has 0 amide bonds. The van der Waals surface area contributed by atoms with Crippen molar-refractivity contribution in [1.29, 1.82) is 0 Å². The van der Waals surface area contributed by atoms with Crippen molar-refractivity contribution in [3.05, 3.63) is 34.6 Å². The Labute approximate surface area is 171 Å². The molecule has 1 fully saturated rings. The third-order valence-corrected chi connectivity index (χ3v) is 5.66. The molecule has 1 aliphatic rings. The number of H-pyrrole nitrogens is 1. The van der Waals surface area contributed by atoms with Crippen molar-refractivity contribution >= 4 is 33.3 Å². The van der Waals surface area contributed by atoms with Crippen molar-refractivity contribution in [3.63, 3.8) is 0 Å². The van der Waals surface area contributed by atoms with Crippen LogP contribution in [0.3, 0.4) is 0 Å². The van der Waals surface area contributed by atoms with Crippen LogP contribution in [0.4, 0.5) is 11.8 Å². The largest absolute Gasteiger partial charge is 0.395 e. The normalized spacial score (nSPS) is 14.4. The molecule has 0 spiro atoms. The fraction of sp³-hybridized carbons (Fsp3) is 0.421. The lowest BCUT2D eigenvalue weighted by Gasteiger charge is -2.27. The van der Waals surface area contributed by atoms with E-state index in [1.165, 1.54) is 11.3 Å². The molecule has 0 saturated carbocycles. The quantitative estimate of drug-likeness (QED) is 0.400. The zero-order valence-corrected chi connectivity index (χ0v) is 16.8. The van der Waals surface area contributed by atoms with E-state index in [0.717, 1.165) is 10.2 Å². The lowest BCUT2D eigenvalue weighted by Crippen LogP contribution is -2.38. The fourth-order valence-corrected chi connectivity index (χ4v) is 4.17. The minimum atomic E-state index is -0.216. The van der Waals surface area contributed by atoms with E-state index in [1.807, 2.05) is 29.2 Å². The first kappa shape index (κ1) is 19.8. The molecule has 1 aliphatic heterocycles. The molecule has 1 saturated heterocycles. The van der Waals surface area contributed by atoms with Crippen LogP contribution in [0.25, 0.3) is 20.8 Å². The Hall–Kier alpha value is -2.53. The summed E-state index contributed by atoms with van der Waals surface area (Å²) in [4.78, 5) is 27.3. The van der Waals surface area contributed by atoms with Crippen molar-refractivity contribution in [2.24, 2.45) is 0 Å². The molecular weight excluding hydrogens is 392 g/mol. The Morgan fingerprint density at radius 3 is 2.79 bits per heavy atom. The number of hydrogen-bond donors (Lipinski definition) is 4. The van der Waals surface area contributed by atoms with Gasteiger partial charge in [0, 0.05) is 32.7 Å². The summed E-state index contributed by atoms with van der Waals surface area (Å²) in [5.41, 5.74) is 1.09. The van der Waals surface area contributed by atoms with Gasteiger partial charge in [0.05, 0.1) is 30.0 Å². The average Bonchev–Trinajstić information content (AvgIpc) is 3.17. The first-order valence-corrected chi connectivity index (χ1v) is 10.5. The third-order valence-electron chi connectivity index (χ3n) is 4.61. The molecule has 3 heterocycles. The van der Waals surface area contributed by atoms with Crippen LogP contribution in [-0.2, 0) is 4.74 Å². The number of nitrogens with zero attached hydrogens (tertiary/aromatic N) is 3. The van der Waals surface area contributed by atoms with Crippen molar-refractivity contribution < 1.29 is 9.84 Å². The van der Waals surface area contributed by atoms with E-state index < -0.39 is 0 Å². The van der Waals surface area contributed by atoms with E-state index in [-0.39, 0.29) is 12.2 Å². The van der Waals surface area contributed by atoms with E-state index in [1.54, 1.807) is 0 Å². The minimum absolute atomic E-state index is 0.0847. The van der Waals surface area contributed by atoms with E-state index in [2.05, 4.69) is 20.6 Å². The molecule has 1 aromatic carbocycles. The van der Waals surface area contributed by atoms with Crippen molar-refractivity contribution in [2.75, 3.05) is 62.8 Å². The van der Waals surface area contributed by atoms with Crippen LogP contribution in [-0.4, -0.2) is 72.6 Å². The van der Waals surface area contributed by atoms with Gasteiger partial charge in [-0.25, -0.2) is 4.98 Å². The number of ether oxygens (including phenoxy) is 1. The molecule has 3 aromatic rings. The van der Waals surface area contributed by atoms with E-state index in [9.17, 15) is 4.79 Å². The summed E-state index contributed by atoms with van der Waals surface area (Å²) in [6, 6.07) is 7.82. The molecule has 9 nitrogen and oxygen atoms in total. The molecule has 0 aliphatic carbocycles. The SMILES string of the molecule is O=c1[nH]c(N2CCOCC2)nc(NCCNCCO)c1-c1nc2ccccc2s1. The maximum absolute atomic E-state index is 13.0. The highest BCUT2D eigenvalue weighted by atomic mass is 32.1. The van der Waals surface area contributed by atoms with E-state index in [0.29, 0.717) is 68.3 Å². The van der Waals surface area contributed by atoms with Gasteiger partial charge < -0.3 is 25.4 Å². The number of anilines is 2. The van der Waals surface area contributed by atoms with Gasteiger partial charge in [0.25, 0.3) is 5.56 Å². The number of benzene rings is 1. The number of rotatable bonds is 8. The van der Waals surface area contributed by atoms with Gasteiger partial charge in [-0.3, -0.25) is 9.78 Å². The Morgan fingerprint density at radius 1 is 1.17 bits per heavy atom. The van der Waals surface area contributed by atoms with E-state index >= 15 is 0 Å². The molecule has 10 heteroatoms. The van der Waals surface area contributed by atoms with E-state index in [4.69, 9.17) is 14.8 Å². The van der Waals surface area contributed by atoms with Gasteiger partial charge in [-0.1, -0.05) is 12.1 Å². The summed E-state index contributed by atoms with van der Waals surface area (Å²) in [6.45, 7) is 4.39. The minimum Gasteiger partial charge on any atom is -0.395 e. The summed E-state index contributed by atoms with van der Waals surface area (Å²) >= 11 is 1.47. The monoisotopic (exact) mass is 416 g/mol. The summed E-state index contributed by atoms with van der Waals surface area (Å²) in [5.74, 6) is 1.05. The third kappa shape index (κ3) is 4.56. The van der Waals surface area contributed by atoms with Gasteiger partial charge in [-0.2, -0.15) is 4.98 Å². The Balaban J connectivity index is 1.68. The highest BCUT2D eigenvalue weighted by Gasteiger charge is 2.21. The first-order chi connectivity index (χ1) is 14.3. The van der Waals surface area contributed by atoms with Crippen molar-refractivity contribution in [3.8, 4) is 10.6 Å². The van der Waals surface area contributed by atoms with Crippen LogP contribution >= 0.6 is 11.3 Å². The summed E-state index contributed by atoms with van der Waals surface area (Å²) in [5, 5.41) is 15.9. The second-order valence-electron chi connectivity index (χ2n) is 6.60. The molecule has 4 rings (SSSR count). The van der Waals surface area contributed by atoms with Gasteiger partial charge in [0.15, 0.2) is 0 Å². The van der Waals surface area contributed by atoms with Crippen LogP contribution in [0.1, 0.15) is 0 Å². The lowest BCUT2D eigenvalue weighted by atomic mass is 10.3. The van der Waals surface area contributed by atoms with Crippen LogP contribution in [0.2, 0.25) is 0 Å².